The SMILES string of the molecule is COC(=S)c1cccc(CC2CCCN2)c1. The molecule has 1 aromatic carbocycles. The predicted molar refractivity (Wildman–Crippen MR) is 69.9 cm³/mol. The van der Waals surface area contributed by atoms with Crippen molar-refractivity contribution in [3.63, 3.8) is 0 Å². The van der Waals surface area contributed by atoms with Gasteiger partial charge >= 0.3 is 0 Å². The van der Waals surface area contributed by atoms with E-state index in [4.69, 9.17) is 17.0 Å². The van der Waals surface area contributed by atoms with Crippen LogP contribution in [0.1, 0.15) is 24.0 Å². The van der Waals surface area contributed by atoms with Gasteiger partial charge in [0.15, 0.2) is 5.05 Å². The maximum absolute atomic E-state index is 5.13. The molecule has 1 heterocycles. The van der Waals surface area contributed by atoms with Crippen LogP contribution in [0.25, 0.3) is 0 Å². The topological polar surface area (TPSA) is 21.3 Å². The standard InChI is InChI=1S/C13H17NOS/c1-15-13(16)11-5-2-4-10(8-11)9-12-6-3-7-14-12/h2,4-5,8,12,14H,3,6-7,9H2,1H3. The number of hydrogen-bond acceptors (Lipinski definition) is 3. The van der Waals surface area contributed by atoms with E-state index in [1.165, 1.54) is 18.4 Å². The molecule has 1 aromatic rings. The van der Waals surface area contributed by atoms with Crippen molar-refractivity contribution in [2.75, 3.05) is 13.7 Å². The molecule has 0 spiro atoms. The summed E-state index contributed by atoms with van der Waals surface area (Å²) in [6.07, 6.45) is 3.65. The van der Waals surface area contributed by atoms with Crippen molar-refractivity contribution in [3.05, 3.63) is 35.4 Å². The van der Waals surface area contributed by atoms with Crippen LogP contribution in [0.5, 0.6) is 0 Å². The van der Waals surface area contributed by atoms with E-state index in [1.807, 2.05) is 12.1 Å². The zero-order chi connectivity index (χ0) is 11.4. The number of nitrogens with one attached hydrogen (secondary N) is 1. The molecule has 2 nitrogen and oxygen atoms in total. The van der Waals surface area contributed by atoms with Gasteiger partial charge in [0.2, 0.25) is 0 Å². The van der Waals surface area contributed by atoms with Crippen LogP contribution in [0, 0.1) is 0 Å². The zero-order valence-corrected chi connectivity index (χ0v) is 10.3. The van der Waals surface area contributed by atoms with Crippen molar-refractivity contribution >= 4 is 17.3 Å². The van der Waals surface area contributed by atoms with Crippen LogP contribution in [-0.4, -0.2) is 24.7 Å². The Bertz CT molecular complexity index is 372. The van der Waals surface area contributed by atoms with Crippen molar-refractivity contribution in [3.8, 4) is 0 Å². The average molecular weight is 235 g/mol. The van der Waals surface area contributed by atoms with Crippen molar-refractivity contribution in [2.24, 2.45) is 0 Å². The van der Waals surface area contributed by atoms with Crippen molar-refractivity contribution < 1.29 is 4.74 Å². The van der Waals surface area contributed by atoms with Gasteiger partial charge in [0, 0.05) is 11.6 Å². The minimum Gasteiger partial charge on any atom is -0.486 e. The average Bonchev–Trinajstić information content (AvgIpc) is 2.81. The fourth-order valence-corrected chi connectivity index (χ4v) is 2.29. The van der Waals surface area contributed by atoms with E-state index in [1.54, 1.807) is 7.11 Å². The second-order valence-corrected chi connectivity index (χ2v) is 4.56. The van der Waals surface area contributed by atoms with Gasteiger partial charge in [-0.15, -0.1) is 0 Å². The van der Waals surface area contributed by atoms with Crippen LogP contribution in [0.2, 0.25) is 0 Å². The van der Waals surface area contributed by atoms with Gasteiger partial charge in [-0.05, 0) is 49.7 Å². The summed E-state index contributed by atoms with van der Waals surface area (Å²) < 4.78 is 5.08. The van der Waals surface area contributed by atoms with Gasteiger partial charge in [0.1, 0.15) is 0 Å². The molecule has 0 radical (unpaired) electrons. The number of thiocarbonyl (C=S) groups is 1. The molecule has 2 rings (SSSR count). The Morgan fingerprint density at radius 1 is 1.56 bits per heavy atom. The van der Waals surface area contributed by atoms with Crippen molar-refractivity contribution in [2.45, 2.75) is 25.3 Å². The van der Waals surface area contributed by atoms with Gasteiger partial charge in [-0.1, -0.05) is 18.2 Å². The molecule has 0 aliphatic carbocycles. The highest BCUT2D eigenvalue weighted by Gasteiger charge is 2.14. The van der Waals surface area contributed by atoms with E-state index in [9.17, 15) is 0 Å². The zero-order valence-electron chi connectivity index (χ0n) is 9.53. The largest absolute Gasteiger partial charge is 0.486 e. The van der Waals surface area contributed by atoms with Crippen LogP contribution in [0.15, 0.2) is 24.3 Å². The van der Waals surface area contributed by atoms with E-state index < -0.39 is 0 Å². The fourth-order valence-electron chi connectivity index (χ4n) is 2.16. The Hall–Kier alpha value is -0.930. The highest BCUT2D eigenvalue weighted by Crippen LogP contribution is 2.14. The Morgan fingerprint density at radius 3 is 3.12 bits per heavy atom. The van der Waals surface area contributed by atoms with E-state index in [0.717, 1.165) is 18.5 Å². The van der Waals surface area contributed by atoms with Gasteiger partial charge in [0.25, 0.3) is 0 Å². The van der Waals surface area contributed by atoms with Crippen LogP contribution in [0.3, 0.4) is 0 Å². The molecule has 1 saturated heterocycles. The first-order valence-electron chi connectivity index (χ1n) is 5.70. The second-order valence-electron chi connectivity index (χ2n) is 4.19. The van der Waals surface area contributed by atoms with E-state index >= 15 is 0 Å². The summed E-state index contributed by atoms with van der Waals surface area (Å²) in [4.78, 5) is 0. The molecule has 1 atom stereocenters. The molecular formula is C13H17NOS. The summed E-state index contributed by atoms with van der Waals surface area (Å²) >= 11 is 5.13. The molecule has 0 amide bonds. The quantitative estimate of drug-likeness (QED) is 0.812. The Labute approximate surface area is 102 Å². The molecule has 0 bridgehead atoms. The van der Waals surface area contributed by atoms with Gasteiger partial charge < -0.3 is 10.1 Å². The summed E-state index contributed by atoms with van der Waals surface area (Å²) in [5.74, 6) is 0. The van der Waals surface area contributed by atoms with Gasteiger partial charge in [0.05, 0.1) is 7.11 Å². The van der Waals surface area contributed by atoms with Crippen LogP contribution in [0.4, 0.5) is 0 Å². The second kappa shape index (κ2) is 5.41. The van der Waals surface area contributed by atoms with Crippen LogP contribution < -0.4 is 5.32 Å². The predicted octanol–water partition coefficient (Wildman–Crippen LogP) is 2.30. The summed E-state index contributed by atoms with van der Waals surface area (Å²) in [7, 11) is 1.62. The van der Waals surface area contributed by atoms with Crippen LogP contribution >= 0.6 is 12.2 Å². The lowest BCUT2D eigenvalue weighted by molar-refractivity contribution is 0.416. The van der Waals surface area contributed by atoms with Gasteiger partial charge in [-0.2, -0.15) is 0 Å². The van der Waals surface area contributed by atoms with E-state index in [0.29, 0.717) is 11.1 Å². The van der Waals surface area contributed by atoms with Gasteiger partial charge in [-0.3, -0.25) is 0 Å². The third-order valence-electron chi connectivity index (χ3n) is 2.99. The minimum absolute atomic E-state index is 0.571. The Balaban J connectivity index is 2.06. The number of methoxy groups -OCH3 is 1. The molecule has 16 heavy (non-hydrogen) atoms. The highest BCUT2D eigenvalue weighted by atomic mass is 32.1. The smallest absolute Gasteiger partial charge is 0.190 e. The monoisotopic (exact) mass is 235 g/mol. The Morgan fingerprint density at radius 2 is 2.44 bits per heavy atom. The van der Waals surface area contributed by atoms with Crippen molar-refractivity contribution in [1.82, 2.24) is 5.32 Å². The third kappa shape index (κ3) is 2.80. The summed E-state index contributed by atoms with van der Waals surface area (Å²) in [6.45, 7) is 1.15. The number of ether oxygens (including phenoxy) is 1. The molecular weight excluding hydrogens is 218 g/mol. The first-order valence-corrected chi connectivity index (χ1v) is 6.11. The van der Waals surface area contributed by atoms with Crippen molar-refractivity contribution in [1.29, 1.82) is 0 Å². The maximum Gasteiger partial charge on any atom is 0.190 e. The lowest BCUT2D eigenvalue weighted by Crippen LogP contribution is -2.23. The lowest BCUT2D eigenvalue weighted by atomic mass is 10.0. The number of hydrogen-bond donors (Lipinski definition) is 1. The molecule has 86 valence electrons. The molecule has 0 aromatic heterocycles. The molecule has 1 fully saturated rings. The number of rotatable bonds is 3. The minimum atomic E-state index is 0.571. The summed E-state index contributed by atoms with van der Waals surface area (Å²) in [5.41, 5.74) is 2.34. The van der Waals surface area contributed by atoms with E-state index in [-0.39, 0.29) is 0 Å². The molecule has 3 heteroatoms. The lowest BCUT2D eigenvalue weighted by Gasteiger charge is -2.11. The highest BCUT2D eigenvalue weighted by molar-refractivity contribution is 7.80. The summed E-state index contributed by atoms with van der Waals surface area (Å²) in [5, 5.41) is 4.07. The summed E-state index contributed by atoms with van der Waals surface area (Å²) in [6, 6.07) is 8.96. The molecule has 1 aliphatic heterocycles. The molecule has 1 unspecified atom stereocenters. The fraction of sp³-hybridized carbons (Fsp3) is 0.462. The molecule has 0 saturated carbocycles. The first-order chi connectivity index (χ1) is 7.79. The van der Waals surface area contributed by atoms with Gasteiger partial charge in [-0.25, -0.2) is 0 Å². The maximum atomic E-state index is 5.13. The van der Waals surface area contributed by atoms with Crippen LogP contribution in [-0.2, 0) is 11.2 Å². The molecule has 1 aliphatic rings. The first kappa shape index (κ1) is 11.6. The normalized spacial score (nSPS) is 19.7. The number of benzene rings is 1. The Kier molecular flexibility index (Phi) is 3.91. The third-order valence-corrected chi connectivity index (χ3v) is 3.39. The molecule has 1 N–H and O–H groups in total. The van der Waals surface area contributed by atoms with E-state index in [2.05, 4.69) is 17.4 Å².